The summed E-state index contributed by atoms with van der Waals surface area (Å²) in [7, 11) is 1.60. The van der Waals surface area contributed by atoms with Crippen LogP contribution in [0.2, 0.25) is 0 Å². The Morgan fingerprint density at radius 3 is 2.42 bits per heavy atom. The maximum Gasteiger partial charge on any atom is 0.271 e. The van der Waals surface area contributed by atoms with E-state index in [9.17, 15) is 9.59 Å². The number of methoxy groups -OCH3 is 1. The number of hydrogen-bond acceptors (Lipinski definition) is 6. The Morgan fingerprint density at radius 1 is 1.02 bits per heavy atom. The standard InChI is InChI=1S/C31H25N5O3S/c1-19-26(29(37)34-23-11-7-4-8-12-23)28(21-13-15-24(39-2)16-14-21)36-30(38)25(40-31(36)33-19)17-22-18-32-35-27(22)20-9-5-3-6-10-20/h3-18,28H,1-2H3,(H,32,35)(H,34,37)/t28-/m1/s1. The van der Waals surface area contributed by atoms with Crippen LogP contribution in [0.5, 0.6) is 5.75 Å². The maximum absolute atomic E-state index is 14.0. The molecule has 1 aliphatic heterocycles. The first-order valence-corrected chi connectivity index (χ1v) is 13.5. The van der Waals surface area contributed by atoms with Gasteiger partial charge in [-0.05, 0) is 42.8 Å². The van der Waals surface area contributed by atoms with Gasteiger partial charge < -0.3 is 10.1 Å². The molecular formula is C31H25N5O3S. The van der Waals surface area contributed by atoms with Gasteiger partial charge in [-0.25, -0.2) is 4.99 Å². The summed E-state index contributed by atoms with van der Waals surface area (Å²) >= 11 is 1.29. The van der Waals surface area contributed by atoms with Crippen LogP contribution in [0.4, 0.5) is 5.69 Å². The second-order valence-electron chi connectivity index (χ2n) is 9.24. The van der Waals surface area contributed by atoms with Crippen LogP contribution in [-0.4, -0.2) is 27.8 Å². The Bertz CT molecular complexity index is 1900. The summed E-state index contributed by atoms with van der Waals surface area (Å²) in [5.74, 6) is 0.365. The molecule has 3 aromatic carbocycles. The van der Waals surface area contributed by atoms with E-state index in [1.807, 2.05) is 91.0 Å². The molecule has 1 amide bonds. The average Bonchev–Trinajstić information content (AvgIpc) is 3.57. The fraction of sp³-hybridized carbons (Fsp3) is 0.0968. The zero-order valence-corrected chi connectivity index (χ0v) is 22.6. The predicted octanol–water partition coefficient (Wildman–Crippen LogP) is 4.27. The lowest BCUT2D eigenvalue weighted by Crippen LogP contribution is -2.40. The van der Waals surface area contributed by atoms with Crippen molar-refractivity contribution in [3.8, 4) is 17.0 Å². The van der Waals surface area contributed by atoms with E-state index in [4.69, 9.17) is 9.73 Å². The molecular weight excluding hydrogens is 522 g/mol. The first-order chi connectivity index (χ1) is 19.5. The molecule has 40 heavy (non-hydrogen) atoms. The molecule has 1 aliphatic rings. The number of H-pyrrole nitrogens is 1. The van der Waals surface area contributed by atoms with Gasteiger partial charge in [0, 0.05) is 16.8 Å². The number of nitrogens with zero attached hydrogens (tertiary/aromatic N) is 3. The van der Waals surface area contributed by atoms with Crippen LogP contribution in [0.25, 0.3) is 17.3 Å². The summed E-state index contributed by atoms with van der Waals surface area (Å²) in [5.41, 5.74) is 4.72. The van der Waals surface area contributed by atoms with Crippen LogP contribution in [0.3, 0.4) is 0 Å². The van der Waals surface area contributed by atoms with Crippen LogP contribution < -0.4 is 24.9 Å². The zero-order valence-electron chi connectivity index (χ0n) is 21.8. The van der Waals surface area contributed by atoms with Gasteiger partial charge in [-0.15, -0.1) is 0 Å². The maximum atomic E-state index is 14.0. The minimum Gasteiger partial charge on any atom is -0.497 e. The number of nitrogens with one attached hydrogen (secondary N) is 2. The van der Waals surface area contributed by atoms with E-state index in [0.29, 0.717) is 32.0 Å². The molecule has 0 aliphatic carbocycles. The molecule has 1 atom stereocenters. The Hall–Kier alpha value is -5.02. The molecule has 9 heteroatoms. The number of carbonyl (C=O) groups excluding carboxylic acids is 1. The van der Waals surface area contributed by atoms with E-state index < -0.39 is 6.04 Å². The SMILES string of the molecule is COc1ccc([C@@H]2C(C(=O)Nc3ccccc3)=C(C)N=c3sc(=Cc4cn[nH]c4-c4ccccc4)c(=O)n32)cc1. The number of ether oxygens (including phenoxy) is 1. The van der Waals surface area contributed by atoms with Gasteiger partial charge >= 0.3 is 0 Å². The van der Waals surface area contributed by atoms with Gasteiger partial charge in [0.05, 0.1) is 40.8 Å². The summed E-state index contributed by atoms with van der Waals surface area (Å²) in [4.78, 5) is 32.9. The third-order valence-corrected chi connectivity index (χ3v) is 7.73. The molecule has 198 valence electrons. The van der Waals surface area contributed by atoms with Crippen molar-refractivity contribution in [3.05, 3.63) is 133 Å². The third-order valence-electron chi connectivity index (χ3n) is 6.75. The van der Waals surface area contributed by atoms with Crippen LogP contribution in [-0.2, 0) is 4.79 Å². The number of fused-ring (bicyclic) bond motifs is 1. The van der Waals surface area contributed by atoms with Gasteiger partial charge in [0.1, 0.15) is 5.75 Å². The number of aromatic amines is 1. The monoisotopic (exact) mass is 547 g/mol. The summed E-state index contributed by atoms with van der Waals surface area (Å²) < 4.78 is 7.44. The van der Waals surface area contributed by atoms with Crippen molar-refractivity contribution in [2.45, 2.75) is 13.0 Å². The molecule has 0 radical (unpaired) electrons. The number of aromatic nitrogens is 3. The van der Waals surface area contributed by atoms with E-state index in [0.717, 1.165) is 22.4 Å². The van der Waals surface area contributed by atoms with Gasteiger partial charge in [0.25, 0.3) is 11.5 Å². The van der Waals surface area contributed by atoms with Crippen molar-refractivity contribution in [1.82, 2.24) is 14.8 Å². The summed E-state index contributed by atoms with van der Waals surface area (Å²) in [6.07, 6.45) is 3.52. The lowest BCUT2D eigenvalue weighted by Gasteiger charge is -2.25. The van der Waals surface area contributed by atoms with Crippen molar-refractivity contribution in [3.63, 3.8) is 0 Å². The molecule has 0 fully saturated rings. The third kappa shape index (κ3) is 4.67. The van der Waals surface area contributed by atoms with E-state index in [-0.39, 0.29) is 11.5 Å². The van der Waals surface area contributed by atoms with E-state index >= 15 is 0 Å². The number of benzene rings is 3. The topological polar surface area (TPSA) is 101 Å². The molecule has 0 spiro atoms. The Kier molecular flexibility index (Phi) is 6.71. The molecule has 2 N–H and O–H groups in total. The Balaban J connectivity index is 1.50. The van der Waals surface area contributed by atoms with E-state index in [1.165, 1.54) is 11.3 Å². The fourth-order valence-corrected chi connectivity index (χ4v) is 5.85. The van der Waals surface area contributed by atoms with Crippen molar-refractivity contribution in [2.75, 3.05) is 12.4 Å². The van der Waals surface area contributed by atoms with E-state index in [1.54, 1.807) is 24.8 Å². The van der Waals surface area contributed by atoms with Gasteiger partial charge in [-0.1, -0.05) is 72.0 Å². The molecule has 5 aromatic rings. The van der Waals surface area contributed by atoms with Crippen molar-refractivity contribution in [1.29, 1.82) is 0 Å². The highest BCUT2D eigenvalue weighted by molar-refractivity contribution is 7.07. The number of anilines is 1. The van der Waals surface area contributed by atoms with Crippen LogP contribution in [0.1, 0.15) is 24.1 Å². The number of amides is 1. The summed E-state index contributed by atoms with van der Waals surface area (Å²) in [6, 6.07) is 25.8. The smallest absolute Gasteiger partial charge is 0.271 e. The molecule has 2 aromatic heterocycles. The minimum absolute atomic E-state index is 0.234. The Morgan fingerprint density at radius 2 is 1.73 bits per heavy atom. The largest absolute Gasteiger partial charge is 0.497 e. The summed E-state index contributed by atoms with van der Waals surface area (Å²) in [5, 5.41) is 10.2. The summed E-state index contributed by atoms with van der Waals surface area (Å²) in [6.45, 7) is 1.80. The van der Waals surface area contributed by atoms with Crippen molar-refractivity contribution < 1.29 is 9.53 Å². The lowest BCUT2D eigenvalue weighted by atomic mass is 9.95. The highest BCUT2D eigenvalue weighted by Crippen LogP contribution is 2.32. The van der Waals surface area contributed by atoms with Crippen LogP contribution >= 0.6 is 11.3 Å². The Labute approximate surface area is 233 Å². The highest BCUT2D eigenvalue weighted by Gasteiger charge is 2.32. The second kappa shape index (κ2) is 10.6. The highest BCUT2D eigenvalue weighted by atomic mass is 32.1. The normalized spacial score (nSPS) is 14.9. The molecule has 8 nitrogen and oxygen atoms in total. The van der Waals surface area contributed by atoms with Crippen molar-refractivity contribution >= 4 is 29.0 Å². The van der Waals surface area contributed by atoms with E-state index in [2.05, 4.69) is 15.5 Å². The van der Waals surface area contributed by atoms with Gasteiger partial charge in [0.2, 0.25) is 0 Å². The van der Waals surface area contributed by atoms with Gasteiger partial charge in [0.15, 0.2) is 4.80 Å². The number of para-hydroxylation sites is 1. The van der Waals surface area contributed by atoms with Gasteiger partial charge in [-0.3, -0.25) is 19.3 Å². The first kappa shape index (κ1) is 25.3. The molecule has 0 unspecified atom stereocenters. The minimum atomic E-state index is -0.675. The number of carbonyl (C=O) groups is 1. The molecule has 6 rings (SSSR count). The fourth-order valence-electron chi connectivity index (χ4n) is 4.82. The number of thiazole rings is 1. The molecule has 0 saturated heterocycles. The molecule has 0 saturated carbocycles. The number of rotatable bonds is 6. The number of allylic oxidation sites excluding steroid dienone is 1. The zero-order chi connectivity index (χ0) is 27.6. The molecule has 0 bridgehead atoms. The second-order valence-corrected chi connectivity index (χ2v) is 10.3. The lowest BCUT2D eigenvalue weighted by molar-refractivity contribution is -0.113. The molecule has 3 heterocycles. The number of hydrogen-bond donors (Lipinski definition) is 2. The quantitative estimate of drug-likeness (QED) is 0.332. The first-order valence-electron chi connectivity index (χ1n) is 12.6. The van der Waals surface area contributed by atoms with Crippen LogP contribution in [0, 0.1) is 0 Å². The van der Waals surface area contributed by atoms with Crippen molar-refractivity contribution in [2.24, 2.45) is 4.99 Å². The van der Waals surface area contributed by atoms with Crippen LogP contribution in [0.15, 0.2) is 112 Å². The van der Waals surface area contributed by atoms with Gasteiger partial charge in [-0.2, -0.15) is 5.10 Å². The average molecular weight is 548 g/mol. The predicted molar refractivity (Wildman–Crippen MR) is 156 cm³/mol.